The zero-order valence-corrected chi connectivity index (χ0v) is 12.9. The van der Waals surface area contributed by atoms with Gasteiger partial charge in [-0.25, -0.2) is 0 Å². The van der Waals surface area contributed by atoms with Crippen molar-refractivity contribution in [3.8, 4) is 0 Å². The van der Waals surface area contributed by atoms with Crippen molar-refractivity contribution in [2.75, 3.05) is 12.3 Å². The molecule has 2 atom stereocenters. The van der Waals surface area contributed by atoms with Gasteiger partial charge in [0.1, 0.15) is 0 Å². The van der Waals surface area contributed by atoms with Crippen LogP contribution in [0.15, 0.2) is 23.1 Å². The highest BCUT2D eigenvalue weighted by molar-refractivity contribution is 7.99. The van der Waals surface area contributed by atoms with E-state index in [-0.39, 0.29) is 18.0 Å². The second-order valence-electron chi connectivity index (χ2n) is 5.38. The van der Waals surface area contributed by atoms with Gasteiger partial charge < -0.3 is 10.6 Å². The number of halogens is 1. The van der Waals surface area contributed by atoms with Crippen LogP contribution in [-0.4, -0.2) is 24.2 Å². The lowest BCUT2D eigenvalue weighted by molar-refractivity contribution is -0.124. The van der Waals surface area contributed by atoms with E-state index in [1.54, 1.807) is 0 Å². The van der Waals surface area contributed by atoms with Crippen molar-refractivity contribution in [3.63, 3.8) is 0 Å². The second-order valence-corrected chi connectivity index (χ2v) is 6.96. The maximum Gasteiger partial charge on any atom is 0.237 e. The number of rotatable bonds is 2. The molecule has 108 valence electrons. The highest BCUT2D eigenvalue weighted by atomic mass is 35.5. The van der Waals surface area contributed by atoms with E-state index in [9.17, 15) is 4.79 Å². The Morgan fingerprint density at radius 2 is 2.25 bits per heavy atom. The highest BCUT2D eigenvalue weighted by Crippen LogP contribution is 2.37. The number of carbonyl (C=O) groups is 1. The molecule has 0 radical (unpaired) electrons. The number of hydrogen-bond donors (Lipinski definition) is 2. The first-order valence-electron chi connectivity index (χ1n) is 7.20. The molecule has 20 heavy (non-hydrogen) atoms. The van der Waals surface area contributed by atoms with Crippen LogP contribution >= 0.6 is 23.4 Å². The maximum absolute atomic E-state index is 12.3. The fourth-order valence-electron chi connectivity index (χ4n) is 2.86. The number of hydrogen-bond acceptors (Lipinski definition) is 3. The van der Waals surface area contributed by atoms with Crippen LogP contribution in [0.1, 0.15) is 37.3 Å². The second kappa shape index (κ2) is 6.37. The predicted octanol–water partition coefficient (Wildman–Crippen LogP) is 3.14. The molecule has 0 aliphatic carbocycles. The molecule has 1 amide bonds. The minimum atomic E-state index is -0.0269. The summed E-state index contributed by atoms with van der Waals surface area (Å²) in [5.74, 6) is 1.17. The molecule has 1 fully saturated rings. The van der Waals surface area contributed by atoms with Crippen LogP contribution in [0.4, 0.5) is 0 Å². The molecule has 2 aliphatic heterocycles. The molecule has 5 heteroatoms. The first kappa shape index (κ1) is 14.2. The van der Waals surface area contributed by atoms with Crippen LogP contribution in [-0.2, 0) is 4.79 Å². The average molecular weight is 311 g/mol. The van der Waals surface area contributed by atoms with E-state index >= 15 is 0 Å². The summed E-state index contributed by atoms with van der Waals surface area (Å²) < 4.78 is 0. The highest BCUT2D eigenvalue weighted by Gasteiger charge is 2.26. The molecule has 2 heterocycles. The van der Waals surface area contributed by atoms with Crippen molar-refractivity contribution in [3.05, 3.63) is 28.8 Å². The van der Waals surface area contributed by atoms with Gasteiger partial charge in [0, 0.05) is 15.7 Å². The molecule has 2 aliphatic rings. The molecule has 3 rings (SSSR count). The van der Waals surface area contributed by atoms with Crippen LogP contribution in [0, 0.1) is 0 Å². The summed E-state index contributed by atoms with van der Waals surface area (Å²) in [5.41, 5.74) is 1.16. The zero-order chi connectivity index (χ0) is 13.9. The Labute approximate surface area is 128 Å². The molecule has 2 N–H and O–H groups in total. The van der Waals surface area contributed by atoms with Crippen molar-refractivity contribution in [1.29, 1.82) is 0 Å². The van der Waals surface area contributed by atoms with Crippen molar-refractivity contribution >= 4 is 29.3 Å². The summed E-state index contributed by atoms with van der Waals surface area (Å²) in [4.78, 5) is 13.6. The smallest absolute Gasteiger partial charge is 0.237 e. The Morgan fingerprint density at radius 1 is 1.35 bits per heavy atom. The summed E-state index contributed by atoms with van der Waals surface area (Å²) in [6.45, 7) is 0.945. The monoisotopic (exact) mass is 310 g/mol. The quantitative estimate of drug-likeness (QED) is 0.882. The summed E-state index contributed by atoms with van der Waals surface area (Å²) in [6, 6.07) is 6.03. The Bertz CT molecular complexity index is 503. The van der Waals surface area contributed by atoms with Crippen molar-refractivity contribution < 1.29 is 4.79 Å². The lowest BCUT2D eigenvalue weighted by atomic mass is 10.0. The van der Waals surface area contributed by atoms with Gasteiger partial charge in [-0.05, 0) is 49.6 Å². The van der Waals surface area contributed by atoms with Crippen LogP contribution < -0.4 is 10.6 Å². The van der Waals surface area contributed by atoms with E-state index in [1.807, 2.05) is 23.9 Å². The molecular formula is C15H19ClN2OS. The summed E-state index contributed by atoms with van der Waals surface area (Å²) in [7, 11) is 0. The summed E-state index contributed by atoms with van der Waals surface area (Å²) >= 11 is 7.93. The van der Waals surface area contributed by atoms with Crippen LogP contribution in [0.25, 0.3) is 0 Å². The van der Waals surface area contributed by atoms with E-state index in [0.717, 1.165) is 42.1 Å². The van der Waals surface area contributed by atoms with Gasteiger partial charge in [-0.1, -0.05) is 18.0 Å². The minimum absolute atomic E-state index is 0.0269. The lowest BCUT2D eigenvalue weighted by Gasteiger charge is -2.29. The van der Waals surface area contributed by atoms with Gasteiger partial charge in [0.15, 0.2) is 0 Å². The number of thioether (sulfide) groups is 1. The fraction of sp³-hybridized carbons (Fsp3) is 0.533. The summed E-state index contributed by atoms with van der Waals surface area (Å²) in [5, 5.41) is 7.24. The molecule has 0 aromatic heterocycles. The summed E-state index contributed by atoms with van der Waals surface area (Å²) in [6.07, 6.45) is 4.21. The van der Waals surface area contributed by atoms with Gasteiger partial charge in [-0.15, -0.1) is 11.8 Å². The van der Waals surface area contributed by atoms with Crippen LogP contribution in [0.3, 0.4) is 0 Å². The van der Waals surface area contributed by atoms with Gasteiger partial charge in [0.05, 0.1) is 12.1 Å². The van der Waals surface area contributed by atoms with E-state index in [4.69, 9.17) is 11.6 Å². The third kappa shape index (κ3) is 3.13. The van der Waals surface area contributed by atoms with Crippen molar-refractivity contribution in [2.45, 2.75) is 42.7 Å². The molecule has 0 spiro atoms. The van der Waals surface area contributed by atoms with Gasteiger partial charge in [-0.3, -0.25) is 4.79 Å². The Balaban J connectivity index is 1.72. The molecule has 3 nitrogen and oxygen atoms in total. The molecule has 2 unspecified atom stereocenters. The van der Waals surface area contributed by atoms with Gasteiger partial charge in [-0.2, -0.15) is 0 Å². The average Bonchev–Trinajstić information content (AvgIpc) is 2.49. The minimum Gasteiger partial charge on any atom is -0.348 e. The molecule has 1 aromatic carbocycles. The zero-order valence-electron chi connectivity index (χ0n) is 11.3. The van der Waals surface area contributed by atoms with E-state index in [1.165, 1.54) is 11.3 Å². The number of fused-ring (bicyclic) bond motifs is 1. The molecule has 1 saturated heterocycles. The number of amides is 1. The van der Waals surface area contributed by atoms with Gasteiger partial charge >= 0.3 is 0 Å². The van der Waals surface area contributed by atoms with E-state index in [0.29, 0.717) is 0 Å². The Hall–Kier alpha value is -0.710. The predicted molar refractivity (Wildman–Crippen MR) is 83.3 cm³/mol. The Morgan fingerprint density at radius 3 is 3.05 bits per heavy atom. The SMILES string of the molecule is O=C(NC1CCSc2ccc(Cl)cc21)C1CCCCN1. The Kier molecular flexibility index (Phi) is 4.54. The van der Waals surface area contributed by atoms with E-state index < -0.39 is 0 Å². The third-order valence-corrected chi connectivity index (χ3v) is 5.31. The third-order valence-electron chi connectivity index (χ3n) is 3.95. The number of nitrogens with one attached hydrogen (secondary N) is 2. The molecule has 0 bridgehead atoms. The normalized spacial score (nSPS) is 25.9. The topological polar surface area (TPSA) is 41.1 Å². The first-order valence-corrected chi connectivity index (χ1v) is 8.56. The number of benzene rings is 1. The standard InChI is InChI=1S/C15H19ClN2OS/c16-10-4-5-14-11(9-10)12(6-8-20-14)18-15(19)13-3-1-2-7-17-13/h4-5,9,12-13,17H,1-3,6-8H2,(H,18,19). The van der Waals surface area contributed by atoms with Crippen LogP contribution in [0.5, 0.6) is 0 Å². The molecular weight excluding hydrogens is 292 g/mol. The maximum atomic E-state index is 12.3. The number of piperidine rings is 1. The van der Waals surface area contributed by atoms with Gasteiger partial charge in [0.25, 0.3) is 0 Å². The van der Waals surface area contributed by atoms with E-state index in [2.05, 4.69) is 16.7 Å². The first-order chi connectivity index (χ1) is 9.74. The van der Waals surface area contributed by atoms with Crippen molar-refractivity contribution in [1.82, 2.24) is 10.6 Å². The number of carbonyl (C=O) groups excluding carboxylic acids is 1. The van der Waals surface area contributed by atoms with Crippen LogP contribution in [0.2, 0.25) is 5.02 Å². The van der Waals surface area contributed by atoms with Crippen molar-refractivity contribution in [2.24, 2.45) is 0 Å². The lowest BCUT2D eigenvalue weighted by Crippen LogP contribution is -2.47. The fourth-order valence-corrected chi connectivity index (χ4v) is 4.15. The largest absolute Gasteiger partial charge is 0.348 e. The van der Waals surface area contributed by atoms with Gasteiger partial charge in [0.2, 0.25) is 5.91 Å². The molecule has 0 saturated carbocycles. The molecule has 1 aromatic rings.